The maximum atomic E-state index is 12.1. The third-order valence-corrected chi connectivity index (χ3v) is 3.03. The van der Waals surface area contributed by atoms with Gasteiger partial charge in [0, 0.05) is 5.69 Å². The molecule has 0 unspecified atom stereocenters. The molecule has 0 radical (unpaired) electrons. The minimum absolute atomic E-state index is 0.00489. The van der Waals surface area contributed by atoms with E-state index >= 15 is 0 Å². The number of carbonyl (C=O) groups is 1. The molecule has 2 rings (SSSR count). The molecule has 0 saturated carbocycles. The van der Waals surface area contributed by atoms with Crippen LogP contribution >= 0.6 is 0 Å². The summed E-state index contributed by atoms with van der Waals surface area (Å²) in [6.45, 7) is 1.96. The van der Waals surface area contributed by atoms with E-state index in [0.29, 0.717) is 16.8 Å². The second-order valence-electron chi connectivity index (χ2n) is 4.72. The number of hydrogen-bond acceptors (Lipinski definition) is 3. The van der Waals surface area contributed by atoms with Crippen molar-refractivity contribution in [3.63, 3.8) is 0 Å². The maximum Gasteiger partial charge on any atom is 0.266 e. The van der Waals surface area contributed by atoms with Gasteiger partial charge in [-0.2, -0.15) is 10.5 Å². The quantitative estimate of drug-likeness (QED) is 0.694. The number of nitriles is 2. The minimum atomic E-state index is -0.462. The molecule has 0 heterocycles. The number of nitrogens with one attached hydrogen (secondary N) is 1. The van der Waals surface area contributed by atoms with E-state index in [9.17, 15) is 4.79 Å². The Hall–Kier alpha value is -3.37. The van der Waals surface area contributed by atoms with Gasteiger partial charge >= 0.3 is 0 Å². The minimum Gasteiger partial charge on any atom is -0.321 e. The van der Waals surface area contributed by atoms with E-state index in [1.54, 1.807) is 36.4 Å². The fourth-order valence-electron chi connectivity index (χ4n) is 1.80. The van der Waals surface area contributed by atoms with Crippen LogP contribution in [0.15, 0.2) is 54.1 Å². The number of aryl methyl sites for hydroxylation is 1. The van der Waals surface area contributed by atoms with Gasteiger partial charge in [-0.15, -0.1) is 0 Å². The van der Waals surface area contributed by atoms with Crippen molar-refractivity contribution in [1.82, 2.24) is 0 Å². The Balaban J connectivity index is 2.17. The number of benzene rings is 2. The van der Waals surface area contributed by atoms with Gasteiger partial charge in [-0.05, 0) is 42.8 Å². The highest BCUT2D eigenvalue weighted by atomic mass is 16.1. The average molecular weight is 287 g/mol. The van der Waals surface area contributed by atoms with Crippen LogP contribution in [-0.2, 0) is 4.79 Å². The molecule has 2 aromatic rings. The van der Waals surface area contributed by atoms with Gasteiger partial charge < -0.3 is 5.32 Å². The Morgan fingerprint density at radius 3 is 2.23 bits per heavy atom. The molecule has 0 aliphatic rings. The molecule has 106 valence electrons. The first-order chi connectivity index (χ1) is 10.6. The van der Waals surface area contributed by atoms with Crippen molar-refractivity contribution >= 4 is 17.7 Å². The van der Waals surface area contributed by atoms with E-state index in [1.165, 1.54) is 6.08 Å². The van der Waals surface area contributed by atoms with Gasteiger partial charge in [0.2, 0.25) is 0 Å². The molecule has 0 aliphatic carbocycles. The molecule has 0 aromatic heterocycles. The second-order valence-corrected chi connectivity index (χ2v) is 4.72. The third kappa shape index (κ3) is 3.82. The molecular formula is C18H13N3O. The molecule has 2 aromatic carbocycles. The summed E-state index contributed by atoms with van der Waals surface area (Å²) in [5, 5.41) is 20.6. The van der Waals surface area contributed by atoms with Crippen LogP contribution in [0.1, 0.15) is 16.7 Å². The number of carbonyl (C=O) groups excluding carboxylic acids is 1. The van der Waals surface area contributed by atoms with Gasteiger partial charge in [-0.3, -0.25) is 4.79 Å². The van der Waals surface area contributed by atoms with Crippen LogP contribution in [0.25, 0.3) is 6.08 Å². The molecule has 22 heavy (non-hydrogen) atoms. The summed E-state index contributed by atoms with van der Waals surface area (Å²) in [5.41, 5.74) is 2.95. The Kier molecular flexibility index (Phi) is 4.70. The van der Waals surface area contributed by atoms with Crippen molar-refractivity contribution in [2.45, 2.75) is 6.92 Å². The fourth-order valence-corrected chi connectivity index (χ4v) is 1.80. The fraction of sp³-hybridized carbons (Fsp3) is 0.0556. The molecular weight excluding hydrogens is 274 g/mol. The van der Waals surface area contributed by atoms with E-state index in [-0.39, 0.29) is 5.57 Å². The predicted octanol–water partition coefficient (Wildman–Crippen LogP) is 3.41. The molecule has 4 heteroatoms. The normalized spacial score (nSPS) is 10.4. The molecule has 4 nitrogen and oxygen atoms in total. The highest BCUT2D eigenvalue weighted by Crippen LogP contribution is 2.13. The lowest BCUT2D eigenvalue weighted by molar-refractivity contribution is -0.112. The van der Waals surface area contributed by atoms with Crippen LogP contribution in [0.3, 0.4) is 0 Å². The number of anilines is 1. The molecule has 0 aliphatic heterocycles. The first-order valence-electron chi connectivity index (χ1n) is 6.62. The van der Waals surface area contributed by atoms with Gasteiger partial charge in [0.05, 0.1) is 11.6 Å². The lowest BCUT2D eigenvalue weighted by atomic mass is 10.1. The van der Waals surface area contributed by atoms with Crippen molar-refractivity contribution in [3.05, 3.63) is 70.8 Å². The van der Waals surface area contributed by atoms with Crippen LogP contribution in [0.2, 0.25) is 0 Å². The third-order valence-electron chi connectivity index (χ3n) is 3.03. The van der Waals surface area contributed by atoms with E-state index in [4.69, 9.17) is 10.5 Å². The lowest BCUT2D eigenvalue weighted by Gasteiger charge is -2.04. The summed E-state index contributed by atoms with van der Waals surface area (Å²) < 4.78 is 0. The van der Waals surface area contributed by atoms with Crippen LogP contribution in [0, 0.1) is 29.6 Å². The predicted molar refractivity (Wildman–Crippen MR) is 84.6 cm³/mol. The van der Waals surface area contributed by atoms with Crippen molar-refractivity contribution in [3.8, 4) is 12.1 Å². The molecule has 0 fully saturated rings. The van der Waals surface area contributed by atoms with Gasteiger partial charge in [-0.25, -0.2) is 0 Å². The zero-order valence-corrected chi connectivity index (χ0v) is 12.0. The van der Waals surface area contributed by atoms with Crippen LogP contribution in [0.4, 0.5) is 5.69 Å². The highest BCUT2D eigenvalue weighted by molar-refractivity contribution is 6.09. The van der Waals surface area contributed by atoms with E-state index < -0.39 is 5.91 Å². The summed E-state index contributed by atoms with van der Waals surface area (Å²) in [4.78, 5) is 12.1. The van der Waals surface area contributed by atoms with Gasteiger partial charge in [-0.1, -0.05) is 29.8 Å². The van der Waals surface area contributed by atoms with E-state index in [1.807, 2.05) is 31.2 Å². The average Bonchev–Trinajstić information content (AvgIpc) is 2.55. The Morgan fingerprint density at radius 1 is 1.05 bits per heavy atom. The number of hydrogen-bond donors (Lipinski definition) is 1. The van der Waals surface area contributed by atoms with E-state index in [2.05, 4.69) is 5.32 Å². The first kappa shape index (κ1) is 15.0. The topological polar surface area (TPSA) is 76.7 Å². The summed E-state index contributed by atoms with van der Waals surface area (Å²) in [6, 6.07) is 17.9. The van der Waals surface area contributed by atoms with Crippen LogP contribution < -0.4 is 5.32 Å². The molecule has 0 spiro atoms. The number of nitrogens with zero attached hydrogens (tertiary/aromatic N) is 2. The smallest absolute Gasteiger partial charge is 0.266 e. The first-order valence-corrected chi connectivity index (χ1v) is 6.62. The van der Waals surface area contributed by atoms with Gasteiger partial charge in [0.1, 0.15) is 11.6 Å². The molecule has 0 atom stereocenters. The van der Waals surface area contributed by atoms with Crippen molar-refractivity contribution < 1.29 is 4.79 Å². The Labute approximate surface area is 128 Å². The summed E-state index contributed by atoms with van der Waals surface area (Å²) in [7, 11) is 0. The largest absolute Gasteiger partial charge is 0.321 e. The van der Waals surface area contributed by atoms with Gasteiger partial charge in [0.25, 0.3) is 5.91 Å². The maximum absolute atomic E-state index is 12.1. The zero-order chi connectivity index (χ0) is 15.9. The zero-order valence-electron chi connectivity index (χ0n) is 12.0. The van der Waals surface area contributed by atoms with Crippen molar-refractivity contribution in [2.24, 2.45) is 0 Å². The lowest BCUT2D eigenvalue weighted by Crippen LogP contribution is -2.13. The van der Waals surface area contributed by atoms with Crippen molar-refractivity contribution in [1.29, 1.82) is 10.5 Å². The Morgan fingerprint density at radius 2 is 1.68 bits per heavy atom. The van der Waals surface area contributed by atoms with Crippen LogP contribution in [-0.4, -0.2) is 5.91 Å². The molecule has 1 N–H and O–H groups in total. The Bertz CT molecular complexity index is 788. The number of amides is 1. The molecule has 1 amide bonds. The summed E-state index contributed by atoms with van der Waals surface area (Å²) in [5.74, 6) is -0.462. The standard InChI is InChI=1S/C18H13N3O/c1-13-2-8-17(9-3-13)21-18(22)16(12-20)10-14-4-6-15(11-19)7-5-14/h2-10H,1H3,(H,21,22). The SMILES string of the molecule is Cc1ccc(NC(=O)C(C#N)=Cc2ccc(C#N)cc2)cc1. The summed E-state index contributed by atoms with van der Waals surface area (Å²) >= 11 is 0. The van der Waals surface area contributed by atoms with E-state index in [0.717, 1.165) is 5.56 Å². The molecule has 0 saturated heterocycles. The van der Waals surface area contributed by atoms with Crippen molar-refractivity contribution in [2.75, 3.05) is 5.32 Å². The molecule has 0 bridgehead atoms. The number of rotatable bonds is 3. The monoisotopic (exact) mass is 287 g/mol. The van der Waals surface area contributed by atoms with Gasteiger partial charge in [0.15, 0.2) is 0 Å². The van der Waals surface area contributed by atoms with Crippen LogP contribution in [0.5, 0.6) is 0 Å². The second kappa shape index (κ2) is 6.88. The summed E-state index contributed by atoms with van der Waals surface area (Å²) in [6.07, 6.45) is 1.49. The highest BCUT2D eigenvalue weighted by Gasteiger charge is 2.09.